The first-order valence-electron chi connectivity index (χ1n) is 9.55. The smallest absolute Gasteiger partial charge is 0.254 e. The van der Waals surface area contributed by atoms with E-state index in [1.807, 2.05) is 32.3 Å². The maximum atomic E-state index is 12.4. The van der Waals surface area contributed by atoms with Crippen molar-refractivity contribution in [3.05, 3.63) is 59.7 Å². The fraction of sp³-hybridized carbons (Fsp3) is 0.400. The van der Waals surface area contributed by atoms with Crippen LogP contribution in [0.3, 0.4) is 0 Å². The largest absolute Gasteiger partial charge is 0.374 e. The molecular weight excluding hydrogens is 354 g/mol. The van der Waals surface area contributed by atoms with Crippen LogP contribution in [0.15, 0.2) is 42.6 Å². The summed E-state index contributed by atoms with van der Waals surface area (Å²) in [5, 5.41) is 12.5. The summed E-state index contributed by atoms with van der Waals surface area (Å²) in [5.74, 6) is 1.63. The molecule has 0 bridgehead atoms. The Balaban J connectivity index is 1.75. The van der Waals surface area contributed by atoms with E-state index in [-0.39, 0.29) is 5.91 Å². The minimum absolute atomic E-state index is 0.143. The van der Waals surface area contributed by atoms with Crippen molar-refractivity contribution in [2.75, 3.05) is 33.7 Å². The third kappa shape index (κ3) is 4.83. The molecule has 0 aromatic carbocycles. The van der Waals surface area contributed by atoms with E-state index in [9.17, 15) is 4.79 Å². The van der Waals surface area contributed by atoms with Crippen LogP contribution in [-0.4, -0.2) is 54.6 Å². The number of pyridine rings is 1. The van der Waals surface area contributed by atoms with Gasteiger partial charge in [0.2, 0.25) is 0 Å². The molecule has 1 aliphatic heterocycles. The number of nitrogens with zero attached hydrogens (tertiary/aromatic N) is 3. The quantitative estimate of drug-likeness (QED) is 0.561. The summed E-state index contributed by atoms with van der Waals surface area (Å²) in [6.07, 6.45) is 7.02. The van der Waals surface area contributed by atoms with Crippen molar-refractivity contribution in [3.63, 3.8) is 0 Å². The van der Waals surface area contributed by atoms with Crippen molar-refractivity contribution >= 4 is 11.5 Å². The fourth-order valence-corrected chi connectivity index (χ4v) is 3.24. The number of carbonyl (C=O) groups excluding carboxylic acids is 1. The van der Waals surface area contributed by atoms with Gasteiger partial charge in [-0.2, -0.15) is 0 Å². The van der Waals surface area contributed by atoms with Gasteiger partial charge in [-0.05, 0) is 44.0 Å². The second-order valence-electron chi connectivity index (χ2n) is 6.66. The van der Waals surface area contributed by atoms with E-state index in [1.165, 1.54) is 0 Å². The molecule has 2 aromatic heterocycles. The maximum absolute atomic E-state index is 12.4. The molecule has 0 saturated carbocycles. The monoisotopic (exact) mass is 381 g/mol. The Bertz CT molecular complexity index is 793. The van der Waals surface area contributed by atoms with Gasteiger partial charge in [0.05, 0.1) is 16.8 Å². The van der Waals surface area contributed by atoms with Gasteiger partial charge >= 0.3 is 0 Å². The number of rotatable bonds is 7. The van der Waals surface area contributed by atoms with E-state index in [0.29, 0.717) is 23.9 Å². The second-order valence-corrected chi connectivity index (χ2v) is 6.66. The van der Waals surface area contributed by atoms with Crippen LogP contribution in [0.25, 0.3) is 5.57 Å². The lowest BCUT2D eigenvalue weighted by Gasteiger charge is -2.22. The summed E-state index contributed by atoms with van der Waals surface area (Å²) < 4.78 is 0. The Hall–Kier alpha value is -3.00. The van der Waals surface area contributed by atoms with Crippen LogP contribution < -0.4 is 21.3 Å². The van der Waals surface area contributed by atoms with Crippen LogP contribution in [0.1, 0.15) is 34.7 Å². The summed E-state index contributed by atoms with van der Waals surface area (Å²) >= 11 is 0. The number of carbonyl (C=O) groups is 1. The number of hydrogen-bond acceptors (Lipinski definition) is 7. The predicted octanol–water partition coefficient (Wildman–Crippen LogP) is 0.757. The number of amides is 1. The molecule has 28 heavy (non-hydrogen) atoms. The SMILES string of the molecule is CNC(NC)=C(c1ccccn1)c1ncc(C(=O)NCC2CCNCC2)cn1. The molecule has 0 aliphatic carbocycles. The Morgan fingerprint density at radius 3 is 2.43 bits per heavy atom. The average Bonchev–Trinajstić information content (AvgIpc) is 2.77. The first-order valence-corrected chi connectivity index (χ1v) is 9.55. The van der Waals surface area contributed by atoms with E-state index in [0.717, 1.165) is 43.0 Å². The summed E-state index contributed by atoms with van der Waals surface area (Å²) in [5.41, 5.74) is 1.94. The van der Waals surface area contributed by atoms with E-state index in [1.54, 1.807) is 18.6 Å². The van der Waals surface area contributed by atoms with Gasteiger partial charge in [0.25, 0.3) is 5.91 Å². The topological polar surface area (TPSA) is 104 Å². The summed E-state index contributed by atoms with van der Waals surface area (Å²) in [7, 11) is 3.63. The second kappa shape index (κ2) is 9.80. The third-order valence-corrected chi connectivity index (χ3v) is 4.82. The molecule has 4 N–H and O–H groups in total. The molecule has 0 spiro atoms. The molecule has 8 heteroatoms. The summed E-state index contributed by atoms with van der Waals surface area (Å²) in [6, 6.07) is 5.66. The molecule has 1 fully saturated rings. The first kappa shape index (κ1) is 19.8. The number of hydrogen-bond donors (Lipinski definition) is 4. The molecule has 0 unspecified atom stereocenters. The Morgan fingerprint density at radius 2 is 1.82 bits per heavy atom. The van der Waals surface area contributed by atoms with Crippen molar-refractivity contribution in [3.8, 4) is 0 Å². The highest BCUT2D eigenvalue weighted by Crippen LogP contribution is 2.20. The van der Waals surface area contributed by atoms with Crippen LogP contribution in [0.4, 0.5) is 0 Å². The molecule has 148 valence electrons. The highest BCUT2D eigenvalue weighted by atomic mass is 16.1. The third-order valence-electron chi connectivity index (χ3n) is 4.82. The summed E-state index contributed by atoms with van der Waals surface area (Å²) in [4.78, 5) is 25.7. The predicted molar refractivity (Wildman–Crippen MR) is 108 cm³/mol. The summed E-state index contributed by atoms with van der Waals surface area (Å²) in [6.45, 7) is 2.71. The van der Waals surface area contributed by atoms with Gasteiger partial charge in [-0.15, -0.1) is 0 Å². The van der Waals surface area contributed by atoms with E-state index in [2.05, 4.69) is 36.2 Å². The van der Waals surface area contributed by atoms with Crippen molar-refractivity contribution in [1.82, 2.24) is 36.2 Å². The zero-order chi connectivity index (χ0) is 19.8. The average molecular weight is 381 g/mol. The van der Waals surface area contributed by atoms with Gasteiger partial charge < -0.3 is 21.3 Å². The Kier molecular flexibility index (Phi) is 6.91. The molecule has 0 radical (unpaired) electrons. The lowest BCUT2D eigenvalue weighted by molar-refractivity contribution is 0.0943. The van der Waals surface area contributed by atoms with Crippen molar-refractivity contribution in [1.29, 1.82) is 0 Å². The van der Waals surface area contributed by atoms with Crippen molar-refractivity contribution in [2.24, 2.45) is 5.92 Å². The van der Waals surface area contributed by atoms with E-state index < -0.39 is 0 Å². The van der Waals surface area contributed by atoms with Crippen molar-refractivity contribution in [2.45, 2.75) is 12.8 Å². The minimum atomic E-state index is -0.143. The number of nitrogens with one attached hydrogen (secondary N) is 4. The molecule has 2 aromatic rings. The Morgan fingerprint density at radius 1 is 1.11 bits per heavy atom. The molecule has 1 aliphatic rings. The molecule has 0 atom stereocenters. The molecule has 8 nitrogen and oxygen atoms in total. The van der Waals surface area contributed by atoms with Gasteiger partial charge in [-0.3, -0.25) is 9.78 Å². The normalized spacial score (nSPS) is 14.2. The highest BCUT2D eigenvalue weighted by Gasteiger charge is 2.17. The molecule has 1 amide bonds. The van der Waals surface area contributed by atoms with Crippen LogP contribution >= 0.6 is 0 Å². The van der Waals surface area contributed by atoms with Crippen LogP contribution in [0.5, 0.6) is 0 Å². The molecule has 3 heterocycles. The molecular formula is C20H27N7O. The van der Waals surface area contributed by atoms with E-state index in [4.69, 9.17) is 0 Å². The van der Waals surface area contributed by atoms with Gasteiger partial charge in [0, 0.05) is 39.2 Å². The zero-order valence-electron chi connectivity index (χ0n) is 16.3. The van der Waals surface area contributed by atoms with Gasteiger partial charge in [0.1, 0.15) is 5.82 Å². The first-order chi connectivity index (χ1) is 13.7. The van der Waals surface area contributed by atoms with Crippen LogP contribution in [-0.2, 0) is 0 Å². The minimum Gasteiger partial charge on any atom is -0.374 e. The van der Waals surface area contributed by atoms with Gasteiger partial charge in [-0.25, -0.2) is 9.97 Å². The zero-order valence-corrected chi connectivity index (χ0v) is 16.3. The van der Waals surface area contributed by atoms with Crippen LogP contribution in [0, 0.1) is 5.92 Å². The van der Waals surface area contributed by atoms with E-state index >= 15 is 0 Å². The lowest BCUT2D eigenvalue weighted by Crippen LogP contribution is -2.36. The standard InChI is InChI=1S/C20H27N7O/c1-21-18(22-2)17(16-5-3-4-8-24-16)19-25-12-15(13-26-19)20(28)27-11-14-6-9-23-10-7-14/h3-5,8,12-14,21-23H,6-7,9-11H2,1-2H3,(H,27,28). The van der Waals surface area contributed by atoms with Gasteiger partial charge in [0.15, 0.2) is 5.82 Å². The fourth-order valence-electron chi connectivity index (χ4n) is 3.24. The number of aromatic nitrogens is 3. The van der Waals surface area contributed by atoms with Crippen LogP contribution in [0.2, 0.25) is 0 Å². The number of piperidine rings is 1. The van der Waals surface area contributed by atoms with Gasteiger partial charge in [-0.1, -0.05) is 6.07 Å². The highest BCUT2D eigenvalue weighted by molar-refractivity contribution is 5.93. The molecule has 3 rings (SSSR count). The van der Waals surface area contributed by atoms with Crippen molar-refractivity contribution < 1.29 is 4.79 Å². The molecule has 1 saturated heterocycles. The Labute approximate surface area is 165 Å². The maximum Gasteiger partial charge on any atom is 0.254 e. The lowest BCUT2D eigenvalue weighted by atomic mass is 9.98.